The molecule has 1 heteroatoms. The molecule has 0 amide bonds. The molecule has 0 aromatic carbocycles. The van der Waals surface area contributed by atoms with Crippen LogP contribution < -0.4 is 0 Å². The van der Waals surface area contributed by atoms with E-state index in [1.807, 2.05) is 6.08 Å². The first kappa shape index (κ1) is 9.24. The lowest BCUT2D eigenvalue weighted by Crippen LogP contribution is -2.21. The number of hydrogen-bond acceptors (Lipinski definition) is 1. The maximum atomic E-state index is 11.3. The predicted octanol–water partition coefficient (Wildman–Crippen LogP) is 2.88. The summed E-state index contributed by atoms with van der Waals surface area (Å²) in [6.45, 7) is 7.96. The Balaban J connectivity index is 2.76. The van der Waals surface area contributed by atoms with Crippen molar-refractivity contribution >= 4 is 5.78 Å². The van der Waals surface area contributed by atoms with Crippen LogP contribution in [0.2, 0.25) is 0 Å². The second-order valence-electron chi connectivity index (χ2n) is 4.28. The van der Waals surface area contributed by atoms with Gasteiger partial charge in [0.1, 0.15) is 0 Å². The minimum Gasteiger partial charge on any atom is -0.295 e. The molecule has 0 unspecified atom stereocenters. The van der Waals surface area contributed by atoms with Crippen LogP contribution in [0.4, 0.5) is 0 Å². The van der Waals surface area contributed by atoms with E-state index in [0.29, 0.717) is 6.42 Å². The molecular weight excluding hydrogens is 148 g/mol. The molecule has 0 atom stereocenters. The maximum Gasteiger partial charge on any atom is 0.156 e. The Morgan fingerprint density at radius 2 is 2.25 bits per heavy atom. The Morgan fingerprint density at radius 3 is 2.75 bits per heavy atom. The van der Waals surface area contributed by atoms with E-state index in [1.54, 1.807) is 6.08 Å². The number of ketones is 1. The molecule has 0 saturated carbocycles. The van der Waals surface area contributed by atoms with Gasteiger partial charge in [-0.1, -0.05) is 25.5 Å². The largest absolute Gasteiger partial charge is 0.295 e. The quantitative estimate of drug-likeness (QED) is 0.573. The third-order valence-electron chi connectivity index (χ3n) is 2.13. The molecule has 1 aliphatic carbocycles. The fourth-order valence-corrected chi connectivity index (χ4v) is 1.80. The van der Waals surface area contributed by atoms with Crippen molar-refractivity contribution < 1.29 is 4.79 Å². The highest BCUT2D eigenvalue weighted by Crippen LogP contribution is 2.34. The zero-order valence-corrected chi connectivity index (χ0v) is 7.89. The Labute approximate surface area is 74.2 Å². The summed E-state index contributed by atoms with van der Waals surface area (Å²) in [4.78, 5) is 11.3. The second-order valence-corrected chi connectivity index (χ2v) is 4.28. The standard InChI is InChI=1S/C11H16O/c1-4-5-9-6-10(12)8-11(2,3)7-9/h4,6H,1,5,7-8H2,2-3H3. The zero-order valence-electron chi connectivity index (χ0n) is 7.89. The Hall–Kier alpha value is -0.850. The minimum absolute atomic E-state index is 0.157. The van der Waals surface area contributed by atoms with Gasteiger partial charge in [0.15, 0.2) is 5.78 Å². The Bertz CT molecular complexity index is 233. The summed E-state index contributed by atoms with van der Waals surface area (Å²) in [5.41, 5.74) is 1.38. The smallest absolute Gasteiger partial charge is 0.156 e. The fourth-order valence-electron chi connectivity index (χ4n) is 1.80. The molecule has 0 N–H and O–H groups in total. The highest BCUT2D eigenvalue weighted by molar-refractivity contribution is 5.91. The molecule has 0 radical (unpaired) electrons. The molecule has 0 aliphatic heterocycles. The van der Waals surface area contributed by atoms with Gasteiger partial charge >= 0.3 is 0 Å². The van der Waals surface area contributed by atoms with Crippen LogP contribution in [0, 0.1) is 5.41 Å². The second kappa shape index (κ2) is 3.26. The Morgan fingerprint density at radius 1 is 1.58 bits per heavy atom. The van der Waals surface area contributed by atoms with E-state index in [0.717, 1.165) is 12.8 Å². The summed E-state index contributed by atoms with van der Waals surface area (Å²) < 4.78 is 0. The van der Waals surface area contributed by atoms with Crippen LogP contribution in [0.3, 0.4) is 0 Å². The van der Waals surface area contributed by atoms with Crippen LogP contribution in [-0.2, 0) is 4.79 Å². The monoisotopic (exact) mass is 164 g/mol. The van der Waals surface area contributed by atoms with Gasteiger partial charge in [-0.3, -0.25) is 4.79 Å². The van der Waals surface area contributed by atoms with Crippen LogP contribution >= 0.6 is 0 Å². The van der Waals surface area contributed by atoms with E-state index in [9.17, 15) is 4.79 Å². The lowest BCUT2D eigenvalue weighted by molar-refractivity contribution is -0.117. The SMILES string of the molecule is C=CCC1=CC(=O)CC(C)(C)C1. The van der Waals surface area contributed by atoms with E-state index >= 15 is 0 Å². The average Bonchev–Trinajstić information content (AvgIpc) is 1.82. The molecule has 0 fully saturated rings. The lowest BCUT2D eigenvalue weighted by atomic mass is 9.76. The molecular formula is C11H16O. The summed E-state index contributed by atoms with van der Waals surface area (Å²) in [6, 6.07) is 0. The van der Waals surface area contributed by atoms with E-state index < -0.39 is 0 Å². The molecule has 0 aromatic rings. The molecule has 0 heterocycles. The number of carbonyl (C=O) groups excluding carboxylic acids is 1. The van der Waals surface area contributed by atoms with Crippen molar-refractivity contribution in [3.05, 3.63) is 24.3 Å². The highest BCUT2D eigenvalue weighted by atomic mass is 16.1. The first-order valence-electron chi connectivity index (χ1n) is 4.37. The molecule has 0 bridgehead atoms. The first-order valence-corrected chi connectivity index (χ1v) is 4.37. The van der Waals surface area contributed by atoms with Crippen LogP contribution in [-0.4, -0.2) is 5.78 Å². The van der Waals surface area contributed by atoms with Gasteiger partial charge in [0, 0.05) is 6.42 Å². The van der Waals surface area contributed by atoms with Crippen molar-refractivity contribution in [2.75, 3.05) is 0 Å². The predicted molar refractivity (Wildman–Crippen MR) is 50.9 cm³/mol. The van der Waals surface area contributed by atoms with Gasteiger partial charge in [0.05, 0.1) is 0 Å². The van der Waals surface area contributed by atoms with Crippen LogP contribution in [0.1, 0.15) is 33.1 Å². The summed E-state index contributed by atoms with van der Waals surface area (Å²) in [6.07, 6.45) is 6.22. The Kier molecular flexibility index (Phi) is 2.51. The molecule has 0 spiro atoms. The summed E-state index contributed by atoms with van der Waals surface area (Å²) in [5.74, 6) is 0.267. The normalized spacial score (nSPS) is 21.8. The van der Waals surface area contributed by atoms with Gasteiger partial charge in [0.2, 0.25) is 0 Å². The summed E-state index contributed by atoms with van der Waals surface area (Å²) in [7, 11) is 0. The van der Waals surface area contributed by atoms with Crippen molar-refractivity contribution in [3.63, 3.8) is 0 Å². The van der Waals surface area contributed by atoms with Gasteiger partial charge in [-0.2, -0.15) is 0 Å². The number of carbonyl (C=O) groups is 1. The molecule has 0 saturated heterocycles. The molecule has 1 aliphatic rings. The maximum absolute atomic E-state index is 11.3. The molecule has 1 nitrogen and oxygen atoms in total. The van der Waals surface area contributed by atoms with Crippen molar-refractivity contribution in [2.24, 2.45) is 5.41 Å². The third-order valence-corrected chi connectivity index (χ3v) is 2.13. The van der Waals surface area contributed by atoms with E-state index in [2.05, 4.69) is 20.4 Å². The number of hydrogen-bond donors (Lipinski definition) is 0. The lowest BCUT2D eigenvalue weighted by Gasteiger charge is -2.28. The van der Waals surface area contributed by atoms with Gasteiger partial charge in [-0.05, 0) is 24.3 Å². The third kappa shape index (κ3) is 2.33. The molecule has 1 rings (SSSR count). The van der Waals surface area contributed by atoms with Crippen molar-refractivity contribution in [1.82, 2.24) is 0 Å². The van der Waals surface area contributed by atoms with Gasteiger partial charge in [0.25, 0.3) is 0 Å². The van der Waals surface area contributed by atoms with Crippen molar-refractivity contribution in [1.29, 1.82) is 0 Å². The molecule has 0 aromatic heterocycles. The van der Waals surface area contributed by atoms with Crippen LogP contribution in [0.5, 0.6) is 0 Å². The topological polar surface area (TPSA) is 17.1 Å². The van der Waals surface area contributed by atoms with Gasteiger partial charge in [-0.15, -0.1) is 6.58 Å². The highest BCUT2D eigenvalue weighted by Gasteiger charge is 2.26. The molecule has 66 valence electrons. The van der Waals surface area contributed by atoms with Gasteiger partial charge in [-0.25, -0.2) is 0 Å². The molecule has 12 heavy (non-hydrogen) atoms. The van der Waals surface area contributed by atoms with Gasteiger partial charge < -0.3 is 0 Å². The number of allylic oxidation sites excluding steroid dienone is 3. The van der Waals surface area contributed by atoms with E-state index in [4.69, 9.17) is 0 Å². The minimum atomic E-state index is 0.157. The average molecular weight is 164 g/mol. The van der Waals surface area contributed by atoms with Crippen LogP contribution in [0.15, 0.2) is 24.3 Å². The van der Waals surface area contributed by atoms with Crippen LogP contribution in [0.25, 0.3) is 0 Å². The summed E-state index contributed by atoms with van der Waals surface area (Å²) >= 11 is 0. The van der Waals surface area contributed by atoms with Crippen molar-refractivity contribution in [3.8, 4) is 0 Å². The first-order chi connectivity index (χ1) is 5.53. The van der Waals surface area contributed by atoms with E-state index in [-0.39, 0.29) is 11.2 Å². The summed E-state index contributed by atoms with van der Waals surface area (Å²) in [5, 5.41) is 0. The van der Waals surface area contributed by atoms with E-state index in [1.165, 1.54) is 5.57 Å². The number of rotatable bonds is 2. The van der Waals surface area contributed by atoms with Crippen molar-refractivity contribution in [2.45, 2.75) is 33.1 Å². The fraction of sp³-hybridized carbons (Fsp3) is 0.545. The zero-order chi connectivity index (χ0) is 9.19.